The number of carbonyl (C=O) groups is 1. The number of likely N-dealkylation sites (N-methyl/N-ethyl adjacent to an activating group) is 1. The van der Waals surface area contributed by atoms with Crippen LogP contribution in [0.15, 0.2) is 47.0 Å². The minimum atomic E-state index is -0.181. The first-order chi connectivity index (χ1) is 12.9. The van der Waals surface area contributed by atoms with Gasteiger partial charge in [-0.25, -0.2) is 4.79 Å². The molecule has 27 heavy (non-hydrogen) atoms. The average Bonchev–Trinajstić information content (AvgIpc) is 3.12. The summed E-state index contributed by atoms with van der Waals surface area (Å²) in [6, 6.07) is 12.8. The Morgan fingerprint density at radius 1 is 1.15 bits per heavy atom. The third kappa shape index (κ3) is 4.86. The zero-order valence-corrected chi connectivity index (χ0v) is 16.2. The number of benzene rings is 2. The fourth-order valence-corrected chi connectivity index (χ4v) is 2.60. The number of carbonyl (C=O) groups excluding carboxylic acids is 1. The molecule has 0 bridgehead atoms. The molecule has 0 aliphatic heterocycles. The molecule has 6 nitrogen and oxygen atoms in total. The molecule has 1 N–H and O–H groups in total. The molecule has 0 saturated heterocycles. The van der Waals surface area contributed by atoms with E-state index in [9.17, 15) is 4.79 Å². The van der Waals surface area contributed by atoms with Crippen LogP contribution in [0.25, 0.3) is 11.5 Å². The predicted octanol–water partition coefficient (Wildman–Crippen LogP) is 4.71. The van der Waals surface area contributed by atoms with Gasteiger partial charge >= 0.3 is 6.03 Å². The summed E-state index contributed by atoms with van der Waals surface area (Å²) in [6.45, 7) is 4.52. The van der Waals surface area contributed by atoms with Crippen LogP contribution < -0.4 is 5.32 Å². The molecule has 0 saturated carbocycles. The first-order valence-corrected chi connectivity index (χ1v) is 8.98. The Bertz CT molecular complexity index is 937. The summed E-state index contributed by atoms with van der Waals surface area (Å²) < 4.78 is 5.28. The van der Waals surface area contributed by atoms with Crippen LogP contribution in [-0.4, -0.2) is 34.7 Å². The van der Waals surface area contributed by atoms with Gasteiger partial charge in [0.15, 0.2) is 5.82 Å². The van der Waals surface area contributed by atoms with Gasteiger partial charge in [-0.05, 0) is 61.4 Å². The molecule has 0 aliphatic rings. The van der Waals surface area contributed by atoms with Gasteiger partial charge in [0, 0.05) is 36.3 Å². The molecule has 2 aromatic carbocycles. The van der Waals surface area contributed by atoms with E-state index in [-0.39, 0.29) is 6.03 Å². The number of rotatable bonds is 5. The lowest BCUT2D eigenvalue weighted by molar-refractivity contribution is 0.222. The van der Waals surface area contributed by atoms with Crippen molar-refractivity contribution in [2.75, 3.05) is 18.9 Å². The van der Waals surface area contributed by atoms with Crippen LogP contribution in [0.2, 0.25) is 5.02 Å². The SMILES string of the molecule is Cc1ccc(NC(=O)N(C)CCc2noc(-c3ccc(Cl)cc3)n2)cc1C. The van der Waals surface area contributed by atoms with Crippen molar-refractivity contribution < 1.29 is 9.32 Å². The highest BCUT2D eigenvalue weighted by Crippen LogP contribution is 2.20. The lowest BCUT2D eigenvalue weighted by atomic mass is 10.1. The molecule has 0 fully saturated rings. The van der Waals surface area contributed by atoms with Crippen molar-refractivity contribution in [2.24, 2.45) is 0 Å². The minimum Gasteiger partial charge on any atom is -0.334 e. The summed E-state index contributed by atoms with van der Waals surface area (Å²) >= 11 is 5.88. The maximum absolute atomic E-state index is 12.3. The van der Waals surface area contributed by atoms with Gasteiger partial charge in [0.25, 0.3) is 5.89 Å². The third-order valence-electron chi connectivity index (χ3n) is 4.33. The van der Waals surface area contributed by atoms with Crippen LogP contribution in [0.5, 0.6) is 0 Å². The van der Waals surface area contributed by atoms with Crippen LogP contribution in [0.3, 0.4) is 0 Å². The Morgan fingerprint density at radius 2 is 1.89 bits per heavy atom. The Balaban J connectivity index is 1.55. The highest BCUT2D eigenvalue weighted by molar-refractivity contribution is 6.30. The van der Waals surface area contributed by atoms with Crippen molar-refractivity contribution in [3.05, 3.63) is 64.4 Å². The second-order valence-electron chi connectivity index (χ2n) is 6.42. The summed E-state index contributed by atoms with van der Waals surface area (Å²) in [4.78, 5) is 18.3. The molecule has 140 valence electrons. The maximum atomic E-state index is 12.3. The topological polar surface area (TPSA) is 71.3 Å². The Hall–Kier alpha value is -2.86. The number of halogens is 1. The Kier molecular flexibility index (Phi) is 5.76. The quantitative estimate of drug-likeness (QED) is 0.691. The van der Waals surface area contributed by atoms with Crippen molar-refractivity contribution >= 4 is 23.3 Å². The summed E-state index contributed by atoms with van der Waals surface area (Å²) in [6.07, 6.45) is 0.494. The van der Waals surface area contributed by atoms with Crippen molar-refractivity contribution in [2.45, 2.75) is 20.3 Å². The van der Waals surface area contributed by atoms with Crippen molar-refractivity contribution in [3.8, 4) is 11.5 Å². The Morgan fingerprint density at radius 3 is 2.59 bits per heavy atom. The van der Waals surface area contributed by atoms with Gasteiger partial charge < -0.3 is 14.7 Å². The van der Waals surface area contributed by atoms with E-state index in [4.69, 9.17) is 16.1 Å². The van der Waals surface area contributed by atoms with Crippen molar-refractivity contribution in [1.82, 2.24) is 15.0 Å². The second-order valence-corrected chi connectivity index (χ2v) is 6.86. The zero-order valence-electron chi connectivity index (χ0n) is 15.5. The molecule has 0 unspecified atom stereocenters. The molecule has 7 heteroatoms. The number of hydrogen-bond acceptors (Lipinski definition) is 4. The van der Waals surface area contributed by atoms with Gasteiger partial charge in [0.05, 0.1) is 0 Å². The molecule has 0 aliphatic carbocycles. The summed E-state index contributed by atoms with van der Waals surface area (Å²) in [7, 11) is 1.73. The average molecular weight is 385 g/mol. The number of urea groups is 1. The molecule has 3 rings (SSSR count). The van der Waals surface area contributed by atoms with Gasteiger partial charge in [-0.15, -0.1) is 0 Å². The van der Waals surface area contributed by atoms with E-state index >= 15 is 0 Å². The summed E-state index contributed by atoms with van der Waals surface area (Å²) in [5.41, 5.74) is 3.91. The van der Waals surface area contributed by atoms with Crippen LogP contribution in [0.1, 0.15) is 17.0 Å². The minimum absolute atomic E-state index is 0.181. The monoisotopic (exact) mass is 384 g/mol. The van der Waals surface area contributed by atoms with Crippen LogP contribution in [-0.2, 0) is 6.42 Å². The molecular formula is C20H21ClN4O2. The number of amides is 2. The van der Waals surface area contributed by atoms with E-state index in [0.717, 1.165) is 16.8 Å². The van der Waals surface area contributed by atoms with Gasteiger partial charge in [0.2, 0.25) is 0 Å². The largest absolute Gasteiger partial charge is 0.334 e. The molecular weight excluding hydrogens is 364 g/mol. The lowest BCUT2D eigenvalue weighted by Crippen LogP contribution is -2.33. The van der Waals surface area contributed by atoms with Crippen molar-refractivity contribution in [1.29, 1.82) is 0 Å². The van der Waals surface area contributed by atoms with Gasteiger partial charge in [0.1, 0.15) is 0 Å². The van der Waals surface area contributed by atoms with Gasteiger partial charge in [-0.1, -0.05) is 22.8 Å². The van der Waals surface area contributed by atoms with Crippen LogP contribution in [0.4, 0.5) is 10.5 Å². The smallest absolute Gasteiger partial charge is 0.321 e. The molecule has 2 amide bonds. The normalized spacial score (nSPS) is 10.7. The van der Waals surface area contributed by atoms with E-state index in [1.54, 1.807) is 24.1 Å². The van der Waals surface area contributed by atoms with Crippen LogP contribution >= 0.6 is 11.6 Å². The first-order valence-electron chi connectivity index (χ1n) is 8.60. The molecule has 0 radical (unpaired) electrons. The van der Waals surface area contributed by atoms with Gasteiger partial charge in [-0.2, -0.15) is 4.98 Å². The molecule has 0 spiro atoms. The van der Waals surface area contributed by atoms with E-state index in [0.29, 0.717) is 29.7 Å². The zero-order chi connectivity index (χ0) is 19.4. The number of anilines is 1. The highest BCUT2D eigenvalue weighted by Gasteiger charge is 2.13. The number of aromatic nitrogens is 2. The maximum Gasteiger partial charge on any atom is 0.321 e. The number of nitrogens with one attached hydrogen (secondary N) is 1. The van der Waals surface area contributed by atoms with E-state index in [1.807, 2.05) is 44.2 Å². The molecule has 3 aromatic rings. The fraction of sp³-hybridized carbons (Fsp3) is 0.250. The molecule has 1 heterocycles. The third-order valence-corrected chi connectivity index (χ3v) is 4.59. The van der Waals surface area contributed by atoms with E-state index in [1.165, 1.54) is 5.56 Å². The van der Waals surface area contributed by atoms with E-state index < -0.39 is 0 Å². The highest BCUT2D eigenvalue weighted by atomic mass is 35.5. The van der Waals surface area contributed by atoms with Gasteiger partial charge in [-0.3, -0.25) is 0 Å². The number of nitrogens with zero attached hydrogens (tertiary/aromatic N) is 3. The van der Waals surface area contributed by atoms with E-state index in [2.05, 4.69) is 15.5 Å². The molecule has 1 aromatic heterocycles. The fourth-order valence-electron chi connectivity index (χ4n) is 2.47. The Labute approximate surface area is 163 Å². The second kappa shape index (κ2) is 8.22. The predicted molar refractivity (Wildman–Crippen MR) is 106 cm³/mol. The lowest BCUT2D eigenvalue weighted by Gasteiger charge is -2.17. The molecule has 0 atom stereocenters. The number of aryl methyl sites for hydroxylation is 2. The number of hydrogen-bond donors (Lipinski definition) is 1. The summed E-state index contributed by atoms with van der Waals surface area (Å²) in [5, 5.41) is 7.51. The standard InChI is InChI=1S/C20H21ClN4O2/c1-13-4-9-17(12-14(13)2)22-20(26)25(3)11-10-18-23-19(27-24-18)15-5-7-16(21)8-6-15/h4-9,12H,10-11H2,1-3H3,(H,22,26). The summed E-state index contributed by atoms with van der Waals surface area (Å²) in [5.74, 6) is 0.981. The van der Waals surface area contributed by atoms with Crippen molar-refractivity contribution in [3.63, 3.8) is 0 Å². The van der Waals surface area contributed by atoms with Crippen LogP contribution in [0, 0.1) is 13.8 Å². The first kappa shape index (κ1) is 18.9.